The number of hydrogen-bond donors (Lipinski definition) is 2. The van der Waals surface area contributed by atoms with E-state index < -0.39 is 0 Å². The zero-order valence-electron chi connectivity index (χ0n) is 12.5. The molecule has 1 aromatic rings. The maximum Gasteiger partial charge on any atom is 0.251 e. The van der Waals surface area contributed by atoms with Crippen LogP contribution in [0, 0.1) is 5.41 Å². The van der Waals surface area contributed by atoms with E-state index in [2.05, 4.69) is 25.2 Å². The Morgan fingerprint density at radius 2 is 1.95 bits per heavy atom. The van der Waals surface area contributed by atoms with Gasteiger partial charge in [-0.25, -0.2) is 0 Å². The molecule has 0 saturated heterocycles. The fourth-order valence-electron chi connectivity index (χ4n) is 2.86. The van der Waals surface area contributed by atoms with Gasteiger partial charge in [0.2, 0.25) is 0 Å². The molecule has 0 unspecified atom stereocenters. The Morgan fingerprint density at radius 3 is 2.60 bits per heavy atom. The van der Waals surface area contributed by atoms with Gasteiger partial charge in [-0.15, -0.1) is 0 Å². The van der Waals surface area contributed by atoms with Gasteiger partial charge in [0, 0.05) is 17.5 Å². The quantitative estimate of drug-likeness (QED) is 0.838. The molecule has 0 spiro atoms. The number of hydrogen-bond acceptors (Lipinski definition) is 2. The average molecular weight is 275 g/mol. The zero-order chi connectivity index (χ0) is 14.6. The molecule has 0 radical (unpaired) electrons. The third-order valence-corrected chi connectivity index (χ3v) is 4.82. The number of nitrogens with one attached hydrogen (secondary N) is 1. The maximum atomic E-state index is 12.2. The summed E-state index contributed by atoms with van der Waals surface area (Å²) in [6, 6.07) is 6.02. The van der Waals surface area contributed by atoms with Crippen molar-refractivity contribution in [3.8, 4) is 0 Å². The summed E-state index contributed by atoms with van der Waals surface area (Å²) in [6.45, 7) is 4.76. The van der Waals surface area contributed by atoms with Gasteiger partial charge in [0.05, 0.1) is 6.61 Å². The molecule has 0 aliphatic heterocycles. The Balaban J connectivity index is 2.02. The van der Waals surface area contributed by atoms with E-state index in [9.17, 15) is 9.90 Å². The van der Waals surface area contributed by atoms with Gasteiger partial charge in [0.25, 0.3) is 5.91 Å². The predicted octanol–water partition coefficient (Wildman–Crippen LogP) is 2.70. The van der Waals surface area contributed by atoms with Crippen LogP contribution in [0.4, 0.5) is 0 Å². The van der Waals surface area contributed by atoms with Crippen molar-refractivity contribution < 1.29 is 9.90 Å². The molecule has 0 aromatic heterocycles. The first kappa shape index (κ1) is 15.0. The van der Waals surface area contributed by atoms with Crippen molar-refractivity contribution in [2.45, 2.75) is 46.0 Å². The molecule has 0 saturated carbocycles. The van der Waals surface area contributed by atoms with E-state index >= 15 is 0 Å². The summed E-state index contributed by atoms with van der Waals surface area (Å²) >= 11 is 0. The molecule has 2 N–H and O–H groups in total. The van der Waals surface area contributed by atoms with E-state index in [1.165, 1.54) is 17.5 Å². The summed E-state index contributed by atoms with van der Waals surface area (Å²) in [5, 5.41) is 12.5. The number of carbonyl (C=O) groups is 1. The fourth-order valence-corrected chi connectivity index (χ4v) is 2.86. The minimum Gasteiger partial charge on any atom is -0.396 e. The summed E-state index contributed by atoms with van der Waals surface area (Å²) in [5.74, 6) is -0.0283. The fraction of sp³-hybridized carbons (Fsp3) is 0.588. The van der Waals surface area contributed by atoms with Crippen molar-refractivity contribution in [3.05, 3.63) is 34.9 Å². The molecule has 1 aliphatic carbocycles. The largest absolute Gasteiger partial charge is 0.396 e. The Bertz CT molecular complexity index is 470. The molecule has 0 atom stereocenters. The predicted molar refractivity (Wildman–Crippen MR) is 80.9 cm³/mol. The molecule has 3 nitrogen and oxygen atoms in total. The highest BCUT2D eigenvalue weighted by Gasteiger charge is 2.26. The molecule has 0 bridgehead atoms. The van der Waals surface area contributed by atoms with Gasteiger partial charge in [-0.2, -0.15) is 0 Å². The van der Waals surface area contributed by atoms with E-state index in [0.29, 0.717) is 6.54 Å². The topological polar surface area (TPSA) is 49.3 Å². The second-order valence-corrected chi connectivity index (χ2v) is 5.88. The molecular weight excluding hydrogens is 250 g/mol. The first-order valence-corrected chi connectivity index (χ1v) is 7.65. The molecule has 110 valence electrons. The van der Waals surface area contributed by atoms with Crippen molar-refractivity contribution in [1.29, 1.82) is 0 Å². The van der Waals surface area contributed by atoms with Crippen LogP contribution in [0.2, 0.25) is 0 Å². The minimum atomic E-state index is -0.188. The Labute approximate surface area is 121 Å². The highest BCUT2D eigenvalue weighted by atomic mass is 16.3. The van der Waals surface area contributed by atoms with Gasteiger partial charge < -0.3 is 10.4 Å². The number of aliphatic hydroxyl groups excluding tert-OH is 1. The van der Waals surface area contributed by atoms with Crippen LogP contribution in [0.25, 0.3) is 0 Å². The standard InChI is InChI=1S/C17H25NO2/c1-3-17(4-2,12-19)11-18-16(20)15-9-8-13-6-5-7-14(13)10-15/h8-10,19H,3-7,11-12H2,1-2H3,(H,18,20). The molecule has 2 rings (SSSR count). The lowest BCUT2D eigenvalue weighted by molar-refractivity contribution is 0.0851. The smallest absolute Gasteiger partial charge is 0.251 e. The second kappa shape index (κ2) is 6.40. The van der Waals surface area contributed by atoms with Crippen LogP contribution in [-0.2, 0) is 12.8 Å². The number of carbonyl (C=O) groups excluding carboxylic acids is 1. The van der Waals surface area contributed by atoms with Crippen LogP contribution >= 0.6 is 0 Å². The number of aliphatic hydroxyl groups is 1. The van der Waals surface area contributed by atoms with Gasteiger partial charge in [0.1, 0.15) is 0 Å². The second-order valence-electron chi connectivity index (χ2n) is 5.88. The van der Waals surface area contributed by atoms with E-state index in [0.717, 1.165) is 31.2 Å². The number of rotatable bonds is 6. The summed E-state index contributed by atoms with van der Waals surface area (Å²) < 4.78 is 0. The van der Waals surface area contributed by atoms with E-state index in [1.807, 2.05) is 12.1 Å². The van der Waals surface area contributed by atoms with Gasteiger partial charge in [-0.05, 0) is 55.4 Å². The highest BCUT2D eigenvalue weighted by Crippen LogP contribution is 2.25. The van der Waals surface area contributed by atoms with E-state index in [-0.39, 0.29) is 17.9 Å². The Kier molecular flexibility index (Phi) is 4.81. The van der Waals surface area contributed by atoms with Crippen molar-refractivity contribution >= 4 is 5.91 Å². The molecule has 1 aromatic carbocycles. The normalized spacial score (nSPS) is 14.2. The van der Waals surface area contributed by atoms with Crippen molar-refractivity contribution in [2.24, 2.45) is 5.41 Å². The van der Waals surface area contributed by atoms with Crippen LogP contribution in [0.15, 0.2) is 18.2 Å². The Morgan fingerprint density at radius 1 is 1.25 bits per heavy atom. The highest BCUT2D eigenvalue weighted by molar-refractivity contribution is 5.94. The van der Waals surface area contributed by atoms with Gasteiger partial charge >= 0.3 is 0 Å². The molecular formula is C17H25NO2. The van der Waals surface area contributed by atoms with Crippen LogP contribution in [0.1, 0.15) is 54.6 Å². The number of fused-ring (bicyclic) bond motifs is 1. The SMILES string of the molecule is CCC(CC)(CO)CNC(=O)c1ccc2c(c1)CCC2. The summed E-state index contributed by atoms with van der Waals surface area (Å²) in [4.78, 5) is 12.2. The summed E-state index contributed by atoms with van der Waals surface area (Å²) in [5.41, 5.74) is 3.25. The number of aryl methyl sites for hydroxylation is 2. The van der Waals surface area contributed by atoms with Gasteiger partial charge in [0.15, 0.2) is 0 Å². The minimum absolute atomic E-state index is 0.0283. The van der Waals surface area contributed by atoms with Crippen LogP contribution < -0.4 is 5.32 Å². The lowest BCUT2D eigenvalue weighted by atomic mass is 9.83. The number of amides is 1. The third-order valence-electron chi connectivity index (χ3n) is 4.82. The van der Waals surface area contributed by atoms with Crippen LogP contribution in [0.3, 0.4) is 0 Å². The maximum absolute atomic E-state index is 12.2. The summed E-state index contributed by atoms with van der Waals surface area (Å²) in [6.07, 6.45) is 5.14. The summed E-state index contributed by atoms with van der Waals surface area (Å²) in [7, 11) is 0. The van der Waals surface area contributed by atoms with Crippen LogP contribution in [-0.4, -0.2) is 24.2 Å². The molecule has 20 heavy (non-hydrogen) atoms. The monoisotopic (exact) mass is 275 g/mol. The average Bonchev–Trinajstić information content (AvgIpc) is 2.96. The Hall–Kier alpha value is -1.35. The molecule has 3 heteroatoms. The van der Waals surface area contributed by atoms with E-state index in [1.54, 1.807) is 0 Å². The lowest BCUT2D eigenvalue weighted by Gasteiger charge is -2.29. The molecule has 1 amide bonds. The number of benzene rings is 1. The van der Waals surface area contributed by atoms with Crippen molar-refractivity contribution in [1.82, 2.24) is 5.32 Å². The molecule has 0 fully saturated rings. The van der Waals surface area contributed by atoms with Crippen LogP contribution in [0.5, 0.6) is 0 Å². The van der Waals surface area contributed by atoms with Crippen molar-refractivity contribution in [2.75, 3.05) is 13.2 Å². The van der Waals surface area contributed by atoms with Crippen molar-refractivity contribution in [3.63, 3.8) is 0 Å². The molecule has 0 heterocycles. The zero-order valence-corrected chi connectivity index (χ0v) is 12.5. The first-order chi connectivity index (χ1) is 9.64. The van der Waals surface area contributed by atoms with Gasteiger partial charge in [-0.3, -0.25) is 4.79 Å². The lowest BCUT2D eigenvalue weighted by Crippen LogP contribution is -2.39. The van der Waals surface area contributed by atoms with Gasteiger partial charge in [-0.1, -0.05) is 19.9 Å². The first-order valence-electron chi connectivity index (χ1n) is 7.65. The third kappa shape index (κ3) is 3.04. The van der Waals surface area contributed by atoms with E-state index in [4.69, 9.17) is 0 Å². The molecule has 1 aliphatic rings.